The van der Waals surface area contributed by atoms with Gasteiger partial charge in [0.2, 0.25) is 5.91 Å². The summed E-state index contributed by atoms with van der Waals surface area (Å²) in [7, 11) is 1.67. The fraction of sp³-hybridized carbons (Fsp3) is 0.909. The quantitative estimate of drug-likeness (QED) is 0.720. The molecule has 1 atom stereocenters. The zero-order valence-electron chi connectivity index (χ0n) is 9.99. The van der Waals surface area contributed by atoms with Gasteiger partial charge < -0.3 is 14.8 Å². The molecule has 0 aromatic heterocycles. The van der Waals surface area contributed by atoms with Crippen LogP contribution in [0.5, 0.6) is 0 Å². The number of nitrogens with one attached hydrogen (secondary N) is 1. The molecule has 5 nitrogen and oxygen atoms in total. The van der Waals surface area contributed by atoms with Crippen molar-refractivity contribution in [1.29, 1.82) is 0 Å². The summed E-state index contributed by atoms with van der Waals surface area (Å²) in [6.45, 7) is 5.05. The second kappa shape index (κ2) is 4.69. The van der Waals surface area contributed by atoms with Crippen molar-refractivity contribution in [3.63, 3.8) is 0 Å². The molecule has 92 valence electrons. The van der Waals surface area contributed by atoms with Crippen molar-refractivity contribution in [2.24, 2.45) is 0 Å². The van der Waals surface area contributed by atoms with Gasteiger partial charge in [0.05, 0.1) is 19.3 Å². The van der Waals surface area contributed by atoms with Gasteiger partial charge in [-0.25, -0.2) is 0 Å². The topological polar surface area (TPSA) is 50.8 Å². The van der Waals surface area contributed by atoms with E-state index in [1.165, 1.54) is 0 Å². The molecule has 0 saturated carbocycles. The molecular weight excluding hydrogens is 208 g/mol. The van der Waals surface area contributed by atoms with Gasteiger partial charge in [0, 0.05) is 33.0 Å². The van der Waals surface area contributed by atoms with E-state index >= 15 is 0 Å². The summed E-state index contributed by atoms with van der Waals surface area (Å²) in [4.78, 5) is 13.7. The Bertz CT molecular complexity index is 254. The molecule has 1 spiro atoms. The van der Waals surface area contributed by atoms with Gasteiger partial charge in [-0.2, -0.15) is 0 Å². The molecular formula is C11H20N2O3. The molecule has 2 rings (SSSR count). The molecule has 2 aliphatic heterocycles. The number of piperidine rings is 1. The molecule has 0 aromatic rings. The Morgan fingerprint density at radius 2 is 1.88 bits per heavy atom. The van der Waals surface area contributed by atoms with Crippen LogP contribution < -0.4 is 5.32 Å². The average Bonchev–Trinajstić information content (AvgIpc) is 2.77. The molecule has 0 aliphatic carbocycles. The van der Waals surface area contributed by atoms with Crippen LogP contribution in [0, 0.1) is 0 Å². The van der Waals surface area contributed by atoms with Crippen LogP contribution in [0.25, 0.3) is 0 Å². The number of amides is 1. The number of nitrogens with zero attached hydrogens (tertiary/aromatic N) is 1. The first kappa shape index (κ1) is 11.8. The molecule has 16 heavy (non-hydrogen) atoms. The number of hydrogen-bond acceptors (Lipinski definition) is 4. The molecule has 5 heteroatoms. The van der Waals surface area contributed by atoms with E-state index in [1.807, 2.05) is 6.92 Å². The normalized spacial score (nSPS) is 26.9. The van der Waals surface area contributed by atoms with Gasteiger partial charge in [0.1, 0.15) is 0 Å². The SMILES string of the molecule is CNC(=O)C(C)N1CCC2(CC1)OCCO2. The Hall–Kier alpha value is -0.650. The van der Waals surface area contributed by atoms with E-state index in [9.17, 15) is 4.79 Å². The minimum absolute atomic E-state index is 0.0660. The lowest BCUT2D eigenvalue weighted by atomic mass is 10.0. The van der Waals surface area contributed by atoms with E-state index in [1.54, 1.807) is 7.05 Å². The van der Waals surface area contributed by atoms with Crippen LogP contribution in [0.2, 0.25) is 0 Å². The van der Waals surface area contributed by atoms with Crippen molar-refractivity contribution >= 4 is 5.91 Å². The van der Waals surface area contributed by atoms with Crippen LogP contribution in [0.3, 0.4) is 0 Å². The molecule has 1 N–H and O–H groups in total. The van der Waals surface area contributed by atoms with Gasteiger partial charge in [-0.3, -0.25) is 9.69 Å². The van der Waals surface area contributed by atoms with Crippen LogP contribution in [0.15, 0.2) is 0 Å². The van der Waals surface area contributed by atoms with Crippen molar-refractivity contribution in [2.75, 3.05) is 33.4 Å². The van der Waals surface area contributed by atoms with Crippen molar-refractivity contribution in [3.05, 3.63) is 0 Å². The van der Waals surface area contributed by atoms with E-state index in [4.69, 9.17) is 9.47 Å². The van der Waals surface area contributed by atoms with Gasteiger partial charge in [0.25, 0.3) is 0 Å². The maximum Gasteiger partial charge on any atom is 0.236 e. The Morgan fingerprint density at radius 3 is 2.38 bits per heavy atom. The lowest BCUT2D eigenvalue weighted by molar-refractivity contribution is -0.188. The number of likely N-dealkylation sites (N-methyl/N-ethyl adjacent to an activating group) is 1. The van der Waals surface area contributed by atoms with E-state index in [-0.39, 0.29) is 17.7 Å². The standard InChI is InChI=1S/C11H20N2O3/c1-9(10(14)12-2)13-5-3-11(4-6-13)15-7-8-16-11/h9H,3-8H2,1-2H3,(H,12,14). The summed E-state index contributed by atoms with van der Waals surface area (Å²) in [5.41, 5.74) is 0. The lowest BCUT2D eigenvalue weighted by Crippen LogP contribution is -2.52. The number of carbonyl (C=O) groups is 1. The van der Waals surface area contributed by atoms with Crippen LogP contribution in [0.4, 0.5) is 0 Å². The van der Waals surface area contributed by atoms with Crippen molar-refractivity contribution in [3.8, 4) is 0 Å². The lowest BCUT2D eigenvalue weighted by Gasteiger charge is -2.39. The summed E-state index contributed by atoms with van der Waals surface area (Å²) in [5, 5.41) is 2.68. The number of ether oxygens (including phenoxy) is 2. The highest BCUT2D eigenvalue weighted by Gasteiger charge is 2.41. The van der Waals surface area contributed by atoms with Gasteiger partial charge in [-0.15, -0.1) is 0 Å². The third-order valence-corrected chi connectivity index (χ3v) is 3.55. The first-order valence-corrected chi connectivity index (χ1v) is 5.90. The summed E-state index contributed by atoms with van der Waals surface area (Å²) >= 11 is 0. The molecule has 2 fully saturated rings. The molecule has 2 saturated heterocycles. The third kappa shape index (κ3) is 2.21. The van der Waals surface area contributed by atoms with Gasteiger partial charge >= 0.3 is 0 Å². The Labute approximate surface area is 96.1 Å². The van der Waals surface area contributed by atoms with E-state index in [0.717, 1.165) is 25.9 Å². The fourth-order valence-electron chi connectivity index (χ4n) is 2.41. The maximum absolute atomic E-state index is 11.5. The van der Waals surface area contributed by atoms with Crippen LogP contribution in [-0.2, 0) is 14.3 Å². The summed E-state index contributed by atoms with van der Waals surface area (Å²) < 4.78 is 11.3. The second-order valence-electron chi connectivity index (χ2n) is 4.43. The molecule has 1 amide bonds. The predicted molar refractivity (Wildman–Crippen MR) is 59.0 cm³/mol. The van der Waals surface area contributed by atoms with Gasteiger partial charge in [-0.1, -0.05) is 0 Å². The average molecular weight is 228 g/mol. The molecule has 2 heterocycles. The Kier molecular flexibility index (Phi) is 3.47. The summed E-state index contributed by atoms with van der Waals surface area (Å²) in [6.07, 6.45) is 1.71. The van der Waals surface area contributed by atoms with Crippen molar-refractivity contribution < 1.29 is 14.3 Å². The van der Waals surface area contributed by atoms with Crippen LogP contribution in [-0.4, -0.2) is 56.0 Å². The predicted octanol–water partition coefficient (Wildman–Crippen LogP) is -0.0402. The molecule has 0 bridgehead atoms. The van der Waals surface area contributed by atoms with Crippen LogP contribution >= 0.6 is 0 Å². The highest BCUT2D eigenvalue weighted by molar-refractivity contribution is 5.80. The molecule has 0 aromatic carbocycles. The Morgan fingerprint density at radius 1 is 1.31 bits per heavy atom. The van der Waals surface area contributed by atoms with Crippen LogP contribution in [0.1, 0.15) is 19.8 Å². The molecule has 2 aliphatic rings. The number of hydrogen-bond donors (Lipinski definition) is 1. The molecule has 0 radical (unpaired) electrons. The smallest absolute Gasteiger partial charge is 0.236 e. The van der Waals surface area contributed by atoms with E-state index < -0.39 is 0 Å². The summed E-state index contributed by atoms with van der Waals surface area (Å²) in [6, 6.07) is -0.0660. The van der Waals surface area contributed by atoms with E-state index in [2.05, 4.69) is 10.2 Å². The summed E-state index contributed by atoms with van der Waals surface area (Å²) in [5.74, 6) is -0.275. The monoisotopic (exact) mass is 228 g/mol. The highest BCUT2D eigenvalue weighted by atomic mass is 16.7. The minimum Gasteiger partial charge on any atom is -0.358 e. The van der Waals surface area contributed by atoms with Crippen molar-refractivity contribution in [1.82, 2.24) is 10.2 Å². The fourth-order valence-corrected chi connectivity index (χ4v) is 2.41. The zero-order valence-corrected chi connectivity index (χ0v) is 9.99. The first-order valence-electron chi connectivity index (χ1n) is 5.90. The van der Waals surface area contributed by atoms with E-state index in [0.29, 0.717) is 13.2 Å². The largest absolute Gasteiger partial charge is 0.358 e. The minimum atomic E-state index is -0.348. The second-order valence-corrected chi connectivity index (χ2v) is 4.43. The number of rotatable bonds is 2. The Balaban J connectivity index is 1.87. The molecule has 1 unspecified atom stereocenters. The maximum atomic E-state index is 11.5. The zero-order chi connectivity index (χ0) is 11.6. The number of likely N-dealkylation sites (tertiary alicyclic amines) is 1. The van der Waals surface area contributed by atoms with Crippen molar-refractivity contribution in [2.45, 2.75) is 31.6 Å². The highest BCUT2D eigenvalue weighted by Crippen LogP contribution is 2.31. The van der Waals surface area contributed by atoms with Gasteiger partial charge in [0.15, 0.2) is 5.79 Å². The number of carbonyl (C=O) groups excluding carboxylic acids is 1. The van der Waals surface area contributed by atoms with Gasteiger partial charge in [-0.05, 0) is 6.92 Å². The first-order chi connectivity index (χ1) is 7.67. The third-order valence-electron chi connectivity index (χ3n) is 3.55.